The van der Waals surface area contributed by atoms with Crippen LogP contribution in [0.25, 0.3) is 10.2 Å². The van der Waals surface area contributed by atoms with Crippen LogP contribution in [0.2, 0.25) is 0 Å². The number of carboxylic acids is 1. The van der Waals surface area contributed by atoms with Gasteiger partial charge in [0.25, 0.3) is 5.91 Å². The average molecular weight is 341 g/mol. The Morgan fingerprint density at radius 3 is 2.86 bits per heavy atom. The van der Waals surface area contributed by atoms with Crippen molar-refractivity contribution in [3.05, 3.63) is 23.5 Å². The van der Waals surface area contributed by atoms with Gasteiger partial charge in [0.15, 0.2) is 9.84 Å². The van der Waals surface area contributed by atoms with Crippen molar-refractivity contribution in [1.82, 2.24) is 14.9 Å². The summed E-state index contributed by atoms with van der Waals surface area (Å²) in [6.45, 7) is -0.158. The summed E-state index contributed by atoms with van der Waals surface area (Å²) in [4.78, 5) is 33.0. The lowest BCUT2D eigenvalue weighted by molar-refractivity contribution is -0.141. The van der Waals surface area contributed by atoms with Crippen molar-refractivity contribution in [3.63, 3.8) is 0 Å². The molecule has 3 rings (SSSR count). The van der Waals surface area contributed by atoms with E-state index in [1.165, 1.54) is 17.7 Å². The summed E-state index contributed by atoms with van der Waals surface area (Å²) in [6, 6.07) is 0.338. The lowest BCUT2D eigenvalue weighted by Gasteiger charge is -2.32. The molecule has 1 fully saturated rings. The summed E-state index contributed by atoms with van der Waals surface area (Å²) in [7, 11) is -3.46. The molecule has 22 heavy (non-hydrogen) atoms. The SMILES string of the molecule is O=C(O)C1CS(=O)(=O)CCN1C(=O)c1ncnc2ccsc12. The van der Waals surface area contributed by atoms with E-state index in [0.717, 1.165) is 4.90 Å². The van der Waals surface area contributed by atoms with Crippen molar-refractivity contribution in [2.45, 2.75) is 6.04 Å². The van der Waals surface area contributed by atoms with Crippen LogP contribution in [0, 0.1) is 0 Å². The second-order valence-corrected chi connectivity index (χ2v) is 7.97. The van der Waals surface area contributed by atoms with Gasteiger partial charge in [0, 0.05) is 6.54 Å². The van der Waals surface area contributed by atoms with E-state index >= 15 is 0 Å². The number of hydrogen-bond acceptors (Lipinski definition) is 7. The van der Waals surface area contributed by atoms with E-state index < -0.39 is 33.5 Å². The minimum atomic E-state index is -3.46. The molecule has 8 nitrogen and oxygen atoms in total. The number of nitrogens with zero attached hydrogens (tertiary/aromatic N) is 3. The van der Waals surface area contributed by atoms with Gasteiger partial charge in [0.2, 0.25) is 0 Å². The van der Waals surface area contributed by atoms with Gasteiger partial charge in [-0.1, -0.05) is 0 Å². The second kappa shape index (κ2) is 5.29. The largest absolute Gasteiger partial charge is 0.480 e. The zero-order valence-electron chi connectivity index (χ0n) is 11.2. The first kappa shape index (κ1) is 14.9. The smallest absolute Gasteiger partial charge is 0.327 e. The van der Waals surface area contributed by atoms with Gasteiger partial charge in [-0.25, -0.2) is 23.2 Å². The summed E-state index contributed by atoms with van der Waals surface area (Å²) in [5.74, 6) is -2.75. The second-order valence-electron chi connectivity index (χ2n) is 4.82. The highest BCUT2D eigenvalue weighted by molar-refractivity contribution is 7.91. The molecular weight excluding hydrogens is 330 g/mol. The topological polar surface area (TPSA) is 118 Å². The first-order valence-electron chi connectivity index (χ1n) is 6.31. The maximum absolute atomic E-state index is 12.6. The Kier molecular flexibility index (Phi) is 3.57. The lowest BCUT2D eigenvalue weighted by atomic mass is 10.2. The van der Waals surface area contributed by atoms with Crippen LogP contribution >= 0.6 is 11.3 Å². The van der Waals surface area contributed by atoms with Gasteiger partial charge in [-0.15, -0.1) is 11.3 Å². The fourth-order valence-electron chi connectivity index (χ4n) is 2.33. The Morgan fingerprint density at radius 2 is 2.14 bits per heavy atom. The molecule has 1 unspecified atom stereocenters. The van der Waals surface area contributed by atoms with E-state index in [2.05, 4.69) is 9.97 Å². The zero-order chi connectivity index (χ0) is 15.9. The highest BCUT2D eigenvalue weighted by atomic mass is 32.2. The number of hydrogen-bond donors (Lipinski definition) is 1. The van der Waals surface area contributed by atoms with Crippen LogP contribution in [0.5, 0.6) is 0 Å². The van der Waals surface area contributed by atoms with E-state index in [1.54, 1.807) is 11.4 Å². The van der Waals surface area contributed by atoms with Gasteiger partial charge < -0.3 is 10.0 Å². The Balaban J connectivity index is 2.00. The van der Waals surface area contributed by atoms with Gasteiger partial charge in [-0.05, 0) is 11.4 Å². The van der Waals surface area contributed by atoms with Gasteiger partial charge in [0.05, 0.1) is 21.7 Å². The van der Waals surface area contributed by atoms with Crippen LogP contribution in [0.3, 0.4) is 0 Å². The normalized spacial score (nSPS) is 20.9. The molecule has 1 aliphatic heterocycles. The number of rotatable bonds is 2. The third kappa shape index (κ3) is 2.55. The molecule has 10 heteroatoms. The van der Waals surface area contributed by atoms with Gasteiger partial charge >= 0.3 is 5.97 Å². The Morgan fingerprint density at radius 1 is 1.36 bits per heavy atom. The van der Waals surface area contributed by atoms with Crippen LogP contribution < -0.4 is 0 Å². The van der Waals surface area contributed by atoms with Crippen LogP contribution in [0.15, 0.2) is 17.8 Å². The van der Waals surface area contributed by atoms with E-state index in [-0.39, 0.29) is 18.0 Å². The third-order valence-electron chi connectivity index (χ3n) is 3.42. The van der Waals surface area contributed by atoms with Crippen LogP contribution in [-0.2, 0) is 14.6 Å². The van der Waals surface area contributed by atoms with Crippen molar-refractivity contribution in [2.24, 2.45) is 0 Å². The maximum atomic E-state index is 12.6. The van der Waals surface area contributed by atoms with Crippen molar-refractivity contribution < 1.29 is 23.1 Å². The van der Waals surface area contributed by atoms with Crippen LogP contribution in [0.4, 0.5) is 0 Å². The molecule has 1 N–H and O–H groups in total. The zero-order valence-corrected chi connectivity index (χ0v) is 12.8. The molecule has 0 radical (unpaired) electrons. The van der Waals surface area contributed by atoms with Gasteiger partial charge in [0.1, 0.15) is 18.1 Å². The number of aliphatic carboxylic acids is 1. The quantitative estimate of drug-likeness (QED) is 0.818. The predicted molar refractivity (Wildman–Crippen MR) is 78.5 cm³/mol. The molecule has 1 aliphatic rings. The van der Waals surface area contributed by atoms with Crippen LogP contribution in [0.1, 0.15) is 10.5 Å². The van der Waals surface area contributed by atoms with E-state index in [9.17, 15) is 23.1 Å². The molecule has 2 aromatic rings. The number of carboxylic acid groups (broad SMARTS) is 1. The summed E-state index contributed by atoms with van der Waals surface area (Å²) < 4.78 is 23.8. The molecule has 1 saturated heterocycles. The predicted octanol–water partition coefficient (Wildman–Crippen LogP) is 0.0151. The summed E-state index contributed by atoms with van der Waals surface area (Å²) >= 11 is 1.28. The Hall–Kier alpha value is -2.07. The van der Waals surface area contributed by atoms with Crippen molar-refractivity contribution in [2.75, 3.05) is 18.1 Å². The van der Waals surface area contributed by atoms with E-state index in [0.29, 0.717) is 10.2 Å². The number of fused-ring (bicyclic) bond motifs is 1. The molecule has 116 valence electrons. The maximum Gasteiger partial charge on any atom is 0.327 e. The lowest BCUT2D eigenvalue weighted by Crippen LogP contribution is -2.54. The average Bonchev–Trinajstić information content (AvgIpc) is 2.93. The highest BCUT2D eigenvalue weighted by Gasteiger charge is 2.39. The minimum absolute atomic E-state index is 0.102. The number of thiophene rings is 1. The number of sulfone groups is 1. The van der Waals surface area contributed by atoms with Crippen molar-refractivity contribution in [1.29, 1.82) is 0 Å². The van der Waals surface area contributed by atoms with Gasteiger partial charge in [-0.3, -0.25) is 4.79 Å². The molecule has 0 spiro atoms. The van der Waals surface area contributed by atoms with Crippen molar-refractivity contribution in [3.8, 4) is 0 Å². The molecule has 0 bridgehead atoms. The number of carbonyl (C=O) groups excluding carboxylic acids is 1. The molecule has 0 saturated carbocycles. The molecule has 0 aliphatic carbocycles. The number of carbonyl (C=O) groups is 2. The monoisotopic (exact) mass is 341 g/mol. The Bertz CT molecular complexity index is 861. The molecule has 2 aromatic heterocycles. The van der Waals surface area contributed by atoms with Gasteiger partial charge in [-0.2, -0.15) is 0 Å². The van der Waals surface area contributed by atoms with E-state index in [1.807, 2.05) is 0 Å². The van der Waals surface area contributed by atoms with Crippen molar-refractivity contribution >= 4 is 43.3 Å². The van der Waals surface area contributed by atoms with E-state index in [4.69, 9.17) is 0 Å². The summed E-state index contributed by atoms with van der Waals surface area (Å²) in [5.41, 5.74) is 0.699. The fraction of sp³-hybridized carbons (Fsp3) is 0.333. The molecule has 1 amide bonds. The standard InChI is InChI=1S/C12H11N3O5S2/c16-11(9-10-7(1-3-21-10)13-6-14-9)15-2-4-22(19,20)5-8(15)12(17)18/h1,3,6,8H,2,4-5H2,(H,17,18). The first-order valence-corrected chi connectivity index (χ1v) is 9.01. The summed E-state index contributed by atoms with van der Waals surface area (Å²) in [6.07, 6.45) is 1.23. The number of aromatic nitrogens is 2. The summed E-state index contributed by atoms with van der Waals surface area (Å²) in [5, 5.41) is 11.0. The fourth-order valence-corrected chi connectivity index (χ4v) is 4.60. The molecule has 3 heterocycles. The molecular formula is C12H11N3O5S2. The highest BCUT2D eigenvalue weighted by Crippen LogP contribution is 2.24. The number of amides is 1. The van der Waals surface area contributed by atoms with Crippen LogP contribution in [-0.4, -0.2) is 64.4 Å². The first-order chi connectivity index (χ1) is 10.4. The minimum Gasteiger partial charge on any atom is -0.480 e. The molecule has 1 atom stereocenters. The Labute approximate surface area is 129 Å². The third-order valence-corrected chi connectivity index (χ3v) is 5.96. The molecule has 0 aromatic carbocycles.